The van der Waals surface area contributed by atoms with Gasteiger partial charge in [0.05, 0.1) is 4.90 Å². The van der Waals surface area contributed by atoms with Gasteiger partial charge in [-0.05, 0) is 73.4 Å². The van der Waals surface area contributed by atoms with Gasteiger partial charge in [0.15, 0.2) is 0 Å². The molecule has 3 aromatic rings. The zero-order valence-corrected chi connectivity index (χ0v) is 17.8. The third kappa shape index (κ3) is 3.83. The highest BCUT2D eigenvalue weighted by Gasteiger charge is 2.32. The molecule has 30 heavy (non-hydrogen) atoms. The van der Waals surface area contributed by atoms with E-state index in [9.17, 15) is 13.2 Å². The number of amides is 1. The summed E-state index contributed by atoms with van der Waals surface area (Å²) in [6.07, 6.45) is 1.51. The van der Waals surface area contributed by atoms with Crippen LogP contribution in [0.1, 0.15) is 35.3 Å². The zero-order chi connectivity index (χ0) is 21.3. The highest BCUT2D eigenvalue weighted by atomic mass is 32.2. The maximum Gasteiger partial charge on any atom is 0.261 e. The van der Waals surface area contributed by atoms with E-state index in [1.807, 2.05) is 37.3 Å². The van der Waals surface area contributed by atoms with E-state index >= 15 is 0 Å². The molecule has 0 unspecified atom stereocenters. The summed E-state index contributed by atoms with van der Waals surface area (Å²) in [7, 11) is -3.72. The van der Waals surface area contributed by atoms with Crippen LogP contribution < -0.4 is 9.62 Å². The maximum absolute atomic E-state index is 13.0. The summed E-state index contributed by atoms with van der Waals surface area (Å²) in [5, 5.41) is 0. The molecule has 0 fully saturated rings. The monoisotopic (exact) mass is 420 g/mol. The number of nitrogens with zero attached hydrogens (tertiary/aromatic N) is 1. The Bertz CT molecular complexity index is 1170. The number of anilines is 2. The Balaban J connectivity index is 1.61. The van der Waals surface area contributed by atoms with E-state index in [-0.39, 0.29) is 16.8 Å². The molecule has 154 valence electrons. The summed E-state index contributed by atoms with van der Waals surface area (Å²) >= 11 is 0. The number of carbonyl (C=O) groups excluding carboxylic acids is 1. The fourth-order valence-corrected chi connectivity index (χ4v) is 4.94. The van der Waals surface area contributed by atoms with Crippen LogP contribution in [0.5, 0.6) is 0 Å². The minimum Gasteiger partial charge on any atom is -0.305 e. The number of rotatable bonds is 5. The SMILES string of the molecule is CCc1ccc(NS(=O)(=O)c2ccc3c(c2)C[C@H](C)N3C(=O)c2ccccc2)cc1. The lowest BCUT2D eigenvalue weighted by Crippen LogP contribution is -2.35. The fourth-order valence-electron chi connectivity index (χ4n) is 3.83. The Kier molecular flexibility index (Phi) is 5.35. The van der Waals surface area contributed by atoms with Crippen LogP contribution in [0.25, 0.3) is 0 Å². The Morgan fingerprint density at radius 2 is 1.73 bits per heavy atom. The smallest absolute Gasteiger partial charge is 0.261 e. The second-order valence-electron chi connectivity index (χ2n) is 7.54. The highest BCUT2D eigenvalue weighted by Crippen LogP contribution is 2.35. The summed E-state index contributed by atoms with van der Waals surface area (Å²) in [4.78, 5) is 14.9. The van der Waals surface area contributed by atoms with E-state index in [1.54, 1.807) is 47.4 Å². The van der Waals surface area contributed by atoms with Crippen molar-refractivity contribution in [3.05, 3.63) is 89.5 Å². The fraction of sp³-hybridized carbons (Fsp3) is 0.208. The van der Waals surface area contributed by atoms with Crippen molar-refractivity contribution >= 4 is 27.3 Å². The van der Waals surface area contributed by atoms with Crippen molar-refractivity contribution in [2.24, 2.45) is 0 Å². The lowest BCUT2D eigenvalue weighted by Gasteiger charge is -2.23. The van der Waals surface area contributed by atoms with Crippen molar-refractivity contribution in [2.45, 2.75) is 37.6 Å². The van der Waals surface area contributed by atoms with E-state index < -0.39 is 10.0 Å². The van der Waals surface area contributed by atoms with Gasteiger partial charge in [0.2, 0.25) is 0 Å². The van der Waals surface area contributed by atoms with Crippen LogP contribution in [0.2, 0.25) is 0 Å². The molecule has 1 amide bonds. The molecular formula is C24H24N2O3S. The first-order chi connectivity index (χ1) is 14.4. The summed E-state index contributed by atoms with van der Waals surface area (Å²) in [5.41, 5.74) is 3.92. The molecule has 0 radical (unpaired) electrons. The summed E-state index contributed by atoms with van der Waals surface area (Å²) in [6.45, 7) is 4.03. The van der Waals surface area contributed by atoms with E-state index in [4.69, 9.17) is 0 Å². The standard InChI is InChI=1S/C24H24N2O3S/c1-3-18-9-11-21(12-10-18)25-30(28,29)22-13-14-23-20(16-22)15-17(2)26(23)24(27)19-7-5-4-6-8-19/h4-14,16-17,25H,3,15H2,1-2H3/t17-/m0/s1. The van der Waals surface area contributed by atoms with Crippen molar-refractivity contribution in [2.75, 3.05) is 9.62 Å². The molecule has 5 nitrogen and oxygen atoms in total. The van der Waals surface area contributed by atoms with Crippen LogP contribution in [0.4, 0.5) is 11.4 Å². The van der Waals surface area contributed by atoms with Crippen molar-refractivity contribution < 1.29 is 13.2 Å². The second kappa shape index (κ2) is 7.95. The summed E-state index contributed by atoms with van der Waals surface area (Å²) < 4.78 is 28.4. The number of fused-ring (bicyclic) bond motifs is 1. The van der Waals surface area contributed by atoms with Gasteiger partial charge in [-0.1, -0.05) is 37.3 Å². The number of hydrogen-bond acceptors (Lipinski definition) is 3. The highest BCUT2D eigenvalue weighted by molar-refractivity contribution is 7.92. The molecule has 0 saturated heterocycles. The van der Waals surface area contributed by atoms with Crippen molar-refractivity contribution in [1.82, 2.24) is 0 Å². The van der Waals surface area contributed by atoms with Crippen molar-refractivity contribution in [3.8, 4) is 0 Å². The molecule has 4 rings (SSSR count). The van der Waals surface area contributed by atoms with Gasteiger partial charge in [-0.25, -0.2) is 8.42 Å². The normalized spacial score (nSPS) is 15.7. The first-order valence-corrected chi connectivity index (χ1v) is 11.5. The van der Waals surface area contributed by atoms with Crippen LogP contribution in [-0.4, -0.2) is 20.4 Å². The van der Waals surface area contributed by atoms with Crippen LogP contribution in [0, 0.1) is 0 Å². The van der Waals surface area contributed by atoms with Gasteiger partial charge in [-0.15, -0.1) is 0 Å². The predicted molar refractivity (Wildman–Crippen MR) is 119 cm³/mol. The van der Waals surface area contributed by atoms with Gasteiger partial charge in [0.1, 0.15) is 0 Å². The number of hydrogen-bond donors (Lipinski definition) is 1. The Morgan fingerprint density at radius 1 is 1.03 bits per heavy atom. The van der Waals surface area contributed by atoms with E-state index in [1.165, 1.54) is 0 Å². The quantitative estimate of drug-likeness (QED) is 0.654. The van der Waals surface area contributed by atoms with Gasteiger partial charge in [-0.2, -0.15) is 0 Å². The predicted octanol–water partition coefficient (Wildman–Crippen LogP) is 4.64. The van der Waals surface area contributed by atoms with Gasteiger partial charge in [-0.3, -0.25) is 9.52 Å². The van der Waals surface area contributed by atoms with E-state index in [0.717, 1.165) is 23.2 Å². The van der Waals surface area contributed by atoms with Crippen LogP contribution in [-0.2, 0) is 22.9 Å². The minimum atomic E-state index is -3.72. The summed E-state index contributed by atoms with van der Waals surface area (Å²) in [6, 6.07) is 21.4. The molecule has 0 aliphatic carbocycles. The number of aryl methyl sites for hydroxylation is 1. The van der Waals surface area contributed by atoms with Crippen LogP contribution in [0.3, 0.4) is 0 Å². The van der Waals surface area contributed by atoms with Crippen molar-refractivity contribution in [3.63, 3.8) is 0 Å². The largest absolute Gasteiger partial charge is 0.305 e. The molecule has 1 aliphatic rings. The average molecular weight is 421 g/mol. The number of benzene rings is 3. The molecule has 0 spiro atoms. The lowest BCUT2D eigenvalue weighted by atomic mass is 10.1. The Morgan fingerprint density at radius 3 is 2.40 bits per heavy atom. The van der Waals surface area contributed by atoms with Crippen LogP contribution >= 0.6 is 0 Å². The molecule has 3 aromatic carbocycles. The Hall–Kier alpha value is -3.12. The topological polar surface area (TPSA) is 66.5 Å². The first kappa shape index (κ1) is 20.2. The molecule has 0 saturated carbocycles. The van der Waals surface area contributed by atoms with Gasteiger partial charge >= 0.3 is 0 Å². The Labute approximate surface area is 177 Å². The number of sulfonamides is 1. The first-order valence-electron chi connectivity index (χ1n) is 10.0. The third-order valence-corrected chi connectivity index (χ3v) is 6.81. The van der Waals surface area contributed by atoms with Gasteiger partial charge in [0.25, 0.3) is 15.9 Å². The third-order valence-electron chi connectivity index (χ3n) is 5.43. The second-order valence-corrected chi connectivity index (χ2v) is 9.22. The molecular weight excluding hydrogens is 396 g/mol. The summed E-state index contributed by atoms with van der Waals surface area (Å²) in [5.74, 6) is -0.0772. The molecule has 0 aromatic heterocycles. The molecule has 6 heteroatoms. The molecule has 1 aliphatic heterocycles. The van der Waals surface area contributed by atoms with E-state index in [2.05, 4.69) is 11.6 Å². The van der Waals surface area contributed by atoms with Gasteiger partial charge in [0, 0.05) is 23.0 Å². The molecule has 1 heterocycles. The zero-order valence-electron chi connectivity index (χ0n) is 17.0. The maximum atomic E-state index is 13.0. The van der Waals surface area contributed by atoms with Crippen LogP contribution in [0.15, 0.2) is 77.7 Å². The number of carbonyl (C=O) groups is 1. The van der Waals surface area contributed by atoms with Gasteiger partial charge < -0.3 is 4.90 Å². The number of nitrogens with one attached hydrogen (secondary N) is 1. The average Bonchev–Trinajstić information content (AvgIpc) is 3.09. The lowest BCUT2D eigenvalue weighted by molar-refractivity contribution is 0.0981. The van der Waals surface area contributed by atoms with E-state index in [0.29, 0.717) is 17.7 Å². The van der Waals surface area contributed by atoms with Crippen molar-refractivity contribution in [1.29, 1.82) is 0 Å². The molecule has 0 bridgehead atoms. The molecule has 1 N–H and O–H groups in total. The minimum absolute atomic E-state index is 0.0415. The molecule has 1 atom stereocenters.